The summed E-state index contributed by atoms with van der Waals surface area (Å²) in [5.41, 5.74) is 9.94. The average Bonchev–Trinajstić information content (AvgIpc) is 2.99. The fraction of sp³-hybridized carbons (Fsp3) is 0.455. The summed E-state index contributed by atoms with van der Waals surface area (Å²) in [5.74, 6) is -0.0850. The van der Waals surface area contributed by atoms with Crippen LogP contribution < -0.4 is 11.5 Å². The van der Waals surface area contributed by atoms with Crippen molar-refractivity contribution in [3.05, 3.63) is 11.9 Å². The van der Waals surface area contributed by atoms with Crippen molar-refractivity contribution in [1.29, 1.82) is 5.26 Å². The molecule has 10 nitrogen and oxygen atoms in total. The first-order valence-corrected chi connectivity index (χ1v) is 7.90. The highest BCUT2D eigenvalue weighted by Gasteiger charge is 2.66. The van der Waals surface area contributed by atoms with Crippen molar-refractivity contribution in [2.45, 2.75) is 21.0 Å². The van der Waals surface area contributed by atoms with Crippen LogP contribution in [0.2, 0.25) is 0 Å². The smallest absolute Gasteiger partial charge is 0.240 e. The Labute approximate surface area is 146 Å². The number of imidazole rings is 1. The van der Waals surface area contributed by atoms with Crippen LogP contribution in [-0.4, -0.2) is 51.8 Å². The number of nitrogens with zero attached hydrogens (tertiary/aromatic N) is 5. The zero-order valence-electron chi connectivity index (χ0n) is 11.4. The molecule has 6 N–H and O–H groups in total. The third kappa shape index (κ3) is 2.05. The lowest BCUT2D eigenvalue weighted by Crippen LogP contribution is -2.45. The molecule has 0 aliphatic carbocycles. The maximum absolute atomic E-state index is 10.3. The van der Waals surface area contributed by atoms with Crippen molar-refractivity contribution in [1.82, 2.24) is 19.6 Å². The molecule has 1 saturated heterocycles. The Morgan fingerprint density at radius 1 is 1.48 bits per heavy atom. The zero-order valence-corrected chi connectivity index (χ0v) is 14.6. The number of rotatable bonds is 2. The van der Waals surface area contributed by atoms with Crippen LogP contribution in [-0.2, 0) is 10.3 Å². The second-order valence-electron chi connectivity index (χ2n) is 4.93. The number of aliphatic hydroxyl groups is 2. The van der Waals surface area contributed by atoms with Gasteiger partial charge in [-0.05, 0) is 0 Å². The lowest BCUT2D eigenvalue weighted by molar-refractivity contribution is -0.0520. The topological polar surface area (TPSA) is 169 Å². The number of ether oxygens (including phenoxy) is 1. The summed E-state index contributed by atoms with van der Waals surface area (Å²) in [7, 11) is 0. The highest BCUT2D eigenvalue weighted by atomic mass is 79.9. The number of alkyl halides is 2. The average molecular weight is 449 g/mol. The highest BCUT2D eigenvalue weighted by molar-refractivity contribution is 9.25. The van der Waals surface area contributed by atoms with Crippen molar-refractivity contribution in [2.75, 3.05) is 18.1 Å². The first kappa shape index (κ1) is 16.3. The molecule has 1 aliphatic heterocycles. The number of nitriles is 1. The van der Waals surface area contributed by atoms with Crippen LogP contribution in [0.3, 0.4) is 0 Å². The minimum atomic E-state index is -1.76. The van der Waals surface area contributed by atoms with Gasteiger partial charge in [-0.2, -0.15) is 10.2 Å². The summed E-state index contributed by atoms with van der Waals surface area (Å²) in [6, 6.07) is 2.01. The third-order valence-corrected chi connectivity index (χ3v) is 5.68. The van der Waals surface area contributed by atoms with Crippen molar-refractivity contribution >= 4 is 49.3 Å². The molecule has 0 spiro atoms. The minimum absolute atomic E-state index is 0.0313. The Morgan fingerprint density at radius 3 is 2.74 bits per heavy atom. The van der Waals surface area contributed by atoms with Gasteiger partial charge in [-0.25, -0.2) is 9.50 Å². The van der Waals surface area contributed by atoms with E-state index < -0.39 is 27.6 Å². The van der Waals surface area contributed by atoms with Gasteiger partial charge in [-0.1, -0.05) is 31.9 Å². The monoisotopic (exact) mass is 447 g/mol. The van der Waals surface area contributed by atoms with Crippen molar-refractivity contribution in [3.8, 4) is 6.07 Å². The summed E-state index contributed by atoms with van der Waals surface area (Å²) in [5, 5.41) is 33.5. The Bertz CT molecular complexity index is 820. The Kier molecular flexibility index (Phi) is 3.73. The number of anilines is 2. The number of nitrogens with two attached hydrogens (primary N) is 2. The van der Waals surface area contributed by atoms with Gasteiger partial charge >= 0.3 is 0 Å². The largest absolute Gasteiger partial charge is 0.394 e. The van der Waals surface area contributed by atoms with E-state index in [0.29, 0.717) is 0 Å². The molecule has 122 valence electrons. The second-order valence-corrected chi connectivity index (χ2v) is 8.50. The molecule has 3 rings (SSSR count). The molecule has 2 aromatic rings. The number of hydrogen-bond donors (Lipinski definition) is 4. The summed E-state index contributed by atoms with van der Waals surface area (Å²) in [6.07, 6.45) is -0.906. The quantitative estimate of drug-likeness (QED) is 0.431. The summed E-state index contributed by atoms with van der Waals surface area (Å²) >= 11 is 6.56. The van der Waals surface area contributed by atoms with Crippen molar-refractivity contribution in [2.24, 2.45) is 0 Å². The van der Waals surface area contributed by atoms with Crippen LogP contribution in [0.4, 0.5) is 11.8 Å². The number of nitrogen functional groups attached to an aromatic ring is 2. The molecular formula is C11H11Br2N7O3. The van der Waals surface area contributed by atoms with Gasteiger partial charge in [0.05, 0.1) is 12.8 Å². The highest BCUT2D eigenvalue weighted by Crippen LogP contribution is 2.55. The number of aromatic nitrogens is 4. The fourth-order valence-corrected chi connectivity index (χ4v) is 3.86. The molecule has 0 radical (unpaired) electrons. The van der Waals surface area contributed by atoms with E-state index in [-0.39, 0.29) is 23.1 Å². The van der Waals surface area contributed by atoms with E-state index in [1.165, 1.54) is 10.7 Å². The first-order chi connectivity index (χ1) is 10.8. The SMILES string of the molecule is N#C[C@@]1(c2cnc3c(N)nc(N)nn23)O[C@H](CO)[C@H](O)C1(Br)Br. The minimum Gasteiger partial charge on any atom is -0.394 e. The lowest BCUT2D eigenvalue weighted by atomic mass is 9.96. The van der Waals surface area contributed by atoms with E-state index in [9.17, 15) is 15.5 Å². The third-order valence-electron chi connectivity index (χ3n) is 3.62. The van der Waals surface area contributed by atoms with Crippen LogP contribution in [0.15, 0.2) is 6.20 Å². The maximum Gasteiger partial charge on any atom is 0.240 e. The Hall–Kier alpha value is -1.52. The van der Waals surface area contributed by atoms with Crippen LogP contribution in [0, 0.1) is 11.3 Å². The van der Waals surface area contributed by atoms with E-state index in [1.54, 1.807) is 0 Å². The van der Waals surface area contributed by atoms with Crippen LogP contribution in [0.1, 0.15) is 5.69 Å². The molecule has 0 amide bonds. The summed E-state index contributed by atoms with van der Waals surface area (Å²) in [4.78, 5) is 7.88. The Balaban J connectivity index is 2.29. The fourth-order valence-electron chi connectivity index (χ4n) is 2.50. The van der Waals surface area contributed by atoms with Gasteiger partial charge in [0.15, 0.2) is 14.7 Å². The summed E-state index contributed by atoms with van der Waals surface area (Å²) < 4.78 is 5.46. The van der Waals surface area contributed by atoms with E-state index in [2.05, 4.69) is 46.9 Å². The van der Waals surface area contributed by atoms with Crippen LogP contribution in [0.25, 0.3) is 5.65 Å². The molecule has 0 unspecified atom stereocenters. The molecule has 2 aromatic heterocycles. The first-order valence-electron chi connectivity index (χ1n) is 6.31. The predicted molar refractivity (Wildman–Crippen MR) is 85.4 cm³/mol. The molecule has 0 bridgehead atoms. The van der Waals surface area contributed by atoms with Gasteiger partial charge in [0.25, 0.3) is 0 Å². The lowest BCUT2D eigenvalue weighted by Gasteiger charge is -2.30. The number of aliphatic hydroxyl groups excluding tert-OH is 2. The van der Waals surface area contributed by atoms with Gasteiger partial charge in [0.1, 0.15) is 24.0 Å². The van der Waals surface area contributed by atoms with Gasteiger partial charge in [0.2, 0.25) is 11.5 Å². The van der Waals surface area contributed by atoms with Crippen LogP contribution in [0.5, 0.6) is 0 Å². The standard InChI is InChI=1S/C11H11Br2N7O3/c12-11(13)6(22)4(2-21)23-10(11,3-14)5-1-17-8-7(15)18-9(16)19-20(5)8/h1,4,6,21-22H,2H2,(H4,15,16,18,19)/t4-,6+,10+/m1/s1. The number of hydrogen-bond acceptors (Lipinski definition) is 9. The molecular weight excluding hydrogens is 438 g/mol. The number of halogens is 2. The molecule has 1 aliphatic rings. The Morgan fingerprint density at radius 2 is 2.17 bits per heavy atom. The normalized spacial score (nSPS) is 29.7. The molecule has 23 heavy (non-hydrogen) atoms. The molecule has 1 fully saturated rings. The number of fused-ring (bicyclic) bond motifs is 1. The zero-order chi connectivity index (χ0) is 17.0. The maximum atomic E-state index is 10.3. The van der Waals surface area contributed by atoms with Crippen LogP contribution >= 0.6 is 31.9 Å². The predicted octanol–water partition coefficient (Wildman–Crippen LogP) is -0.754. The van der Waals surface area contributed by atoms with E-state index in [4.69, 9.17) is 16.2 Å². The summed E-state index contributed by atoms with van der Waals surface area (Å²) in [6.45, 7) is -0.487. The van der Waals surface area contributed by atoms with Gasteiger partial charge < -0.3 is 26.4 Å². The van der Waals surface area contributed by atoms with Gasteiger partial charge in [-0.3, -0.25) is 0 Å². The molecule has 3 heterocycles. The second kappa shape index (κ2) is 5.25. The molecule has 12 heteroatoms. The van der Waals surface area contributed by atoms with Gasteiger partial charge in [-0.15, -0.1) is 5.10 Å². The van der Waals surface area contributed by atoms with E-state index >= 15 is 0 Å². The molecule has 0 aromatic carbocycles. The van der Waals surface area contributed by atoms with Crippen molar-refractivity contribution < 1.29 is 14.9 Å². The molecule has 3 atom stereocenters. The molecule has 0 saturated carbocycles. The van der Waals surface area contributed by atoms with E-state index in [0.717, 1.165) is 0 Å². The van der Waals surface area contributed by atoms with E-state index in [1.807, 2.05) is 6.07 Å². The van der Waals surface area contributed by atoms with Gasteiger partial charge in [0, 0.05) is 0 Å². The van der Waals surface area contributed by atoms with Crippen molar-refractivity contribution in [3.63, 3.8) is 0 Å².